The minimum absolute atomic E-state index is 0.119. The number of aliphatic carboxylic acids is 1. The summed E-state index contributed by atoms with van der Waals surface area (Å²) in [5.41, 5.74) is 0. The van der Waals surface area contributed by atoms with Crippen LogP contribution in [0.5, 0.6) is 0 Å². The van der Waals surface area contributed by atoms with Crippen LogP contribution in [-0.2, 0) is 4.79 Å². The molecule has 0 spiro atoms. The van der Waals surface area contributed by atoms with E-state index < -0.39 is 5.97 Å². The number of carboxylic acids is 1. The van der Waals surface area contributed by atoms with Crippen molar-refractivity contribution >= 4 is 5.97 Å². The third-order valence-electron chi connectivity index (χ3n) is 3.47. The third kappa shape index (κ3) is 3.18. The molecule has 86 valence electrons. The Labute approximate surface area is 89.9 Å². The van der Waals surface area contributed by atoms with Gasteiger partial charge < -0.3 is 10.2 Å². The Kier molecular flexibility index (Phi) is 3.26. The van der Waals surface area contributed by atoms with Crippen LogP contribution < -0.4 is 0 Å². The van der Waals surface area contributed by atoms with Gasteiger partial charge in [-0.2, -0.15) is 0 Å². The van der Waals surface area contributed by atoms with Crippen LogP contribution in [0.4, 0.5) is 0 Å². The third-order valence-corrected chi connectivity index (χ3v) is 3.47. The molecule has 0 aromatic carbocycles. The molecule has 2 rings (SSSR count). The van der Waals surface area contributed by atoms with Gasteiger partial charge in [-0.1, -0.05) is 12.8 Å². The van der Waals surface area contributed by atoms with Gasteiger partial charge in [0.2, 0.25) is 0 Å². The fraction of sp³-hybridized carbons (Fsp3) is 0.909. The van der Waals surface area contributed by atoms with E-state index in [2.05, 4.69) is 0 Å². The van der Waals surface area contributed by atoms with Crippen LogP contribution in [0.2, 0.25) is 0 Å². The second-order valence-electron chi connectivity index (χ2n) is 4.92. The van der Waals surface area contributed by atoms with Crippen molar-refractivity contribution in [1.82, 2.24) is 4.90 Å². The first-order valence-electron chi connectivity index (χ1n) is 5.77. The summed E-state index contributed by atoms with van der Waals surface area (Å²) in [5.74, 6) is 0.330. The van der Waals surface area contributed by atoms with Gasteiger partial charge in [0.05, 0.1) is 12.6 Å². The van der Waals surface area contributed by atoms with Crippen LogP contribution in [0.1, 0.15) is 25.7 Å². The number of aliphatic hydroxyl groups is 1. The number of carbonyl (C=O) groups is 1. The zero-order valence-corrected chi connectivity index (χ0v) is 8.93. The quantitative estimate of drug-likeness (QED) is 0.716. The Morgan fingerprint density at radius 1 is 1.33 bits per heavy atom. The Hall–Kier alpha value is -0.610. The molecule has 4 nitrogen and oxygen atoms in total. The highest BCUT2D eigenvalue weighted by Gasteiger charge is 2.33. The topological polar surface area (TPSA) is 60.8 Å². The first-order chi connectivity index (χ1) is 7.15. The van der Waals surface area contributed by atoms with E-state index >= 15 is 0 Å². The van der Waals surface area contributed by atoms with Crippen LogP contribution in [0, 0.1) is 11.8 Å². The largest absolute Gasteiger partial charge is 0.480 e. The predicted octanol–water partition coefficient (Wildman–Crippen LogP) is 0.554. The van der Waals surface area contributed by atoms with Gasteiger partial charge in [0.25, 0.3) is 0 Å². The van der Waals surface area contributed by atoms with E-state index in [-0.39, 0.29) is 12.6 Å². The molecular formula is C11H19NO3. The maximum absolute atomic E-state index is 10.6. The molecule has 15 heavy (non-hydrogen) atoms. The first-order valence-corrected chi connectivity index (χ1v) is 5.77. The van der Waals surface area contributed by atoms with E-state index in [1.807, 2.05) is 4.90 Å². The molecule has 4 heteroatoms. The number of likely N-dealkylation sites (tertiary alicyclic amines) is 1. The Bertz CT molecular complexity index is 240. The van der Waals surface area contributed by atoms with Gasteiger partial charge >= 0.3 is 5.97 Å². The van der Waals surface area contributed by atoms with Crippen molar-refractivity contribution in [2.24, 2.45) is 11.8 Å². The summed E-state index contributed by atoms with van der Waals surface area (Å²) < 4.78 is 0. The van der Waals surface area contributed by atoms with Gasteiger partial charge in [-0.3, -0.25) is 9.69 Å². The number of piperidine rings is 1. The minimum Gasteiger partial charge on any atom is -0.480 e. The lowest BCUT2D eigenvalue weighted by Gasteiger charge is -2.35. The van der Waals surface area contributed by atoms with Crippen molar-refractivity contribution in [3.05, 3.63) is 0 Å². The molecule has 1 aliphatic heterocycles. The van der Waals surface area contributed by atoms with Crippen molar-refractivity contribution in [1.29, 1.82) is 0 Å². The molecule has 1 aliphatic carbocycles. The lowest BCUT2D eigenvalue weighted by molar-refractivity contribution is -0.139. The predicted molar refractivity (Wildman–Crippen MR) is 55.5 cm³/mol. The summed E-state index contributed by atoms with van der Waals surface area (Å²) in [7, 11) is 0. The van der Waals surface area contributed by atoms with Crippen molar-refractivity contribution in [2.75, 3.05) is 19.6 Å². The van der Waals surface area contributed by atoms with E-state index in [9.17, 15) is 9.90 Å². The van der Waals surface area contributed by atoms with Crippen LogP contribution in [0.15, 0.2) is 0 Å². The molecule has 0 aromatic heterocycles. The Balaban J connectivity index is 1.82. The zero-order chi connectivity index (χ0) is 10.8. The van der Waals surface area contributed by atoms with E-state index in [1.165, 1.54) is 12.8 Å². The van der Waals surface area contributed by atoms with Gasteiger partial charge in [-0.15, -0.1) is 0 Å². The van der Waals surface area contributed by atoms with Gasteiger partial charge in [-0.05, 0) is 24.7 Å². The molecular weight excluding hydrogens is 194 g/mol. The van der Waals surface area contributed by atoms with Crippen molar-refractivity contribution in [3.8, 4) is 0 Å². The van der Waals surface area contributed by atoms with Crippen LogP contribution in [0.25, 0.3) is 0 Å². The van der Waals surface area contributed by atoms with E-state index in [1.54, 1.807) is 0 Å². The average Bonchev–Trinajstić information content (AvgIpc) is 2.94. The highest BCUT2D eigenvalue weighted by molar-refractivity contribution is 5.69. The number of aliphatic hydroxyl groups excluding tert-OH is 1. The maximum atomic E-state index is 10.6. The summed E-state index contributed by atoms with van der Waals surface area (Å²) >= 11 is 0. The molecule has 1 saturated carbocycles. The fourth-order valence-corrected chi connectivity index (χ4v) is 2.44. The lowest BCUT2D eigenvalue weighted by Crippen LogP contribution is -2.45. The highest BCUT2D eigenvalue weighted by atomic mass is 16.4. The molecule has 0 amide bonds. The van der Waals surface area contributed by atoms with Crippen molar-refractivity contribution in [2.45, 2.75) is 31.8 Å². The second-order valence-corrected chi connectivity index (χ2v) is 4.92. The van der Waals surface area contributed by atoms with E-state index in [4.69, 9.17) is 5.11 Å². The number of nitrogens with zero attached hydrogens (tertiary/aromatic N) is 1. The molecule has 0 aromatic rings. The second kappa shape index (κ2) is 4.49. The Morgan fingerprint density at radius 2 is 2.07 bits per heavy atom. The van der Waals surface area contributed by atoms with Gasteiger partial charge in [-0.25, -0.2) is 0 Å². The van der Waals surface area contributed by atoms with Crippen molar-refractivity contribution in [3.63, 3.8) is 0 Å². The molecule has 1 saturated heterocycles. The van der Waals surface area contributed by atoms with Crippen molar-refractivity contribution < 1.29 is 15.0 Å². The maximum Gasteiger partial charge on any atom is 0.317 e. The zero-order valence-electron chi connectivity index (χ0n) is 8.93. The van der Waals surface area contributed by atoms with Crippen LogP contribution in [0.3, 0.4) is 0 Å². The minimum atomic E-state index is -0.767. The number of hydrogen-bond donors (Lipinski definition) is 2. The molecule has 0 radical (unpaired) electrons. The van der Waals surface area contributed by atoms with Gasteiger partial charge in [0.15, 0.2) is 0 Å². The molecule has 2 fully saturated rings. The van der Waals surface area contributed by atoms with E-state index in [0.717, 1.165) is 25.3 Å². The number of carboxylic acid groups (broad SMARTS) is 1. The Morgan fingerprint density at radius 3 is 2.67 bits per heavy atom. The first kappa shape index (κ1) is 10.9. The summed E-state index contributed by atoms with van der Waals surface area (Å²) in [6.07, 6.45) is 4.18. The molecule has 2 atom stereocenters. The summed E-state index contributed by atoms with van der Waals surface area (Å²) in [4.78, 5) is 12.5. The smallest absolute Gasteiger partial charge is 0.317 e. The monoisotopic (exact) mass is 213 g/mol. The molecule has 0 unspecified atom stereocenters. The SMILES string of the molecule is O=C(O)CN1CC[C@H](O)[C@H](CC2CC2)C1. The summed E-state index contributed by atoms with van der Waals surface area (Å²) in [6, 6.07) is 0. The van der Waals surface area contributed by atoms with Crippen LogP contribution in [-0.4, -0.2) is 46.8 Å². The summed E-state index contributed by atoms with van der Waals surface area (Å²) in [6.45, 7) is 1.59. The number of rotatable bonds is 4. The summed E-state index contributed by atoms with van der Waals surface area (Å²) in [5, 5.41) is 18.5. The fourth-order valence-electron chi connectivity index (χ4n) is 2.44. The highest BCUT2D eigenvalue weighted by Crippen LogP contribution is 2.37. The van der Waals surface area contributed by atoms with Crippen LogP contribution >= 0.6 is 0 Å². The molecule has 1 heterocycles. The van der Waals surface area contributed by atoms with E-state index in [0.29, 0.717) is 12.5 Å². The normalized spacial score (nSPS) is 32.9. The standard InChI is InChI=1S/C11H19NO3/c13-10-3-4-12(7-11(14)15)6-9(10)5-8-1-2-8/h8-10,13H,1-7H2,(H,14,15)/t9-,10+/m1/s1. The molecule has 2 N–H and O–H groups in total. The molecule has 2 aliphatic rings. The number of hydrogen-bond acceptors (Lipinski definition) is 3. The molecule has 0 bridgehead atoms. The average molecular weight is 213 g/mol. The van der Waals surface area contributed by atoms with Gasteiger partial charge in [0.1, 0.15) is 0 Å². The van der Waals surface area contributed by atoms with Gasteiger partial charge in [0, 0.05) is 13.1 Å². The lowest BCUT2D eigenvalue weighted by atomic mass is 9.90.